The van der Waals surface area contributed by atoms with Gasteiger partial charge in [0.2, 0.25) is 5.75 Å². The Balaban J connectivity index is 3.32. The summed E-state index contributed by atoms with van der Waals surface area (Å²) in [4.78, 5) is 9.62. The first kappa shape index (κ1) is 8.26. The SMILES string of the molecule is [CH]=Cc1cccc([N+](=O)[O-])c1O. The first-order chi connectivity index (χ1) is 5.66. The molecule has 0 aliphatic carbocycles. The average molecular weight is 164 g/mol. The van der Waals surface area contributed by atoms with Crippen LogP contribution in [0.2, 0.25) is 0 Å². The monoisotopic (exact) mass is 164 g/mol. The van der Waals surface area contributed by atoms with Gasteiger partial charge < -0.3 is 5.11 Å². The minimum Gasteiger partial charge on any atom is -0.502 e. The summed E-state index contributed by atoms with van der Waals surface area (Å²) in [5.41, 5.74) is -0.0848. The molecule has 0 aliphatic heterocycles. The second-order valence-corrected chi connectivity index (χ2v) is 2.14. The van der Waals surface area contributed by atoms with Gasteiger partial charge in [0.1, 0.15) is 0 Å². The van der Waals surface area contributed by atoms with Crippen LogP contribution in [-0.4, -0.2) is 10.0 Å². The first-order valence-corrected chi connectivity index (χ1v) is 3.18. The molecule has 0 heterocycles. The van der Waals surface area contributed by atoms with Crippen LogP contribution < -0.4 is 0 Å². The van der Waals surface area contributed by atoms with Gasteiger partial charge in [0, 0.05) is 11.6 Å². The fraction of sp³-hybridized carbons (Fsp3) is 0. The van der Waals surface area contributed by atoms with E-state index in [9.17, 15) is 15.2 Å². The maximum absolute atomic E-state index is 10.3. The van der Waals surface area contributed by atoms with Gasteiger partial charge in [-0.1, -0.05) is 24.8 Å². The van der Waals surface area contributed by atoms with Crippen molar-refractivity contribution in [1.82, 2.24) is 0 Å². The number of aromatic hydroxyl groups is 1. The molecule has 0 aliphatic rings. The summed E-state index contributed by atoms with van der Waals surface area (Å²) in [6.45, 7) is 5.11. The lowest BCUT2D eigenvalue weighted by Crippen LogP contribution is -1.89. The van der Waals surface area contributed by atoms with E-state index in [1.54, 1.807) is 0 Å². The Morgan fingerprint density at radius 3 is 2.75 bits per heavy atom. The third kappa shape index (κ3) is 1.27. The summed E-state index contributed by atoms with van der Waals surface area (Å²) in [7, 11) is 0. The molecule has 12 heavy (non-hydrogen) atoms. The number of hydrogen-bond donors (Lipinski definition) is 1. The molecule has 4 nitrogen and oxygen atoms in total. The van der Waals surface area contributed by atoms with E-state index >= 15 is 0 Å². The highest BCUT2D eigenvalue weighted by atomic mass is 16.6. The van der Waals surface area contributed by atoms with Crippen LogP contribution >= 0.6 is 0 Å². The van der Waals surface area contributed by atoms with Crippen LogP contribution in [-0.2, 0) is 0 Å². The molecule has 1 aromatic rings. The standard InChI is InChI=1S/C8H6NO3/c1-2-6-4-3-5-7(8(6)10)9(11)12/h1-5,10H. The predicted molar refractivity (Wildman–Crippen MR) is 43.5 cm³/mol. The van der Waals surface area contributed by atoms with Crippen molar-refractivity contribution in [2.45, 2.75) is 0 Å². The molecule has 1 aromatic carbocycles. The van der Waals surface area contributed by atoms with Gasteiger partial charge in [-0.3, -0.25) is 10.1 Å². The number of hydrogen-bond acceptors (Lipinski definition) is 3. The highest BCUT2D eigenvalue weighted by molar-refractivity contribution is 5.62. The minimum absolute atomic E-state index is 0.254. The Labute approximate surface area is 68.9 Å². The number of nitro benzene ring substituents is 1. The molecule has 0 bridgehead atoms. The Bertz CT molecular complexity index is 333. The van der Waals surface area contributed by atoms with Gasteiger partial charge in [-0.05, 0) is 0 Å². The fourth-order valence-electron chi connectivity index (χ4n) is 0.830. The van der Waals surface area contributed by atoms with Crippen LogP contribution in [0.25, 0.3) is 6.08 Å². The van der Waals surface area contributed by atoms with Crippen LogP contribution in [0.4, 0.5) is 5.69 Å². The summed E-state index contributed by atoms with van der Waals surface area (Å²) in [6, 6.07) is 4.15. The molecular formula is C8H6NO3. The molecule has 4 heteroatoms. The van der Waals surface area contributed by atoms with Gasteiger partial charge in [-0.25, -0.2) is 0 Å². The smallest absolute Gasteiger partial charge is 0.311 e. The van der Waals surface area contributed by atoms with Crippen molar-refractivity contribution in [2.24, 2.45) is 0 Å². The summed E-state index contributed by atoms with van der Waals surface area (Å²) >= 11 is 0. The third-order valence-electron chi connectivity index (χ3n) is 1.42. The molecule has 0 unspecified atom stereocenters. The van der Waals surface area contributed by atoms with E-state index in [1.165, 1.54) is 18.2 Å². The minimum atomic E-state index is -0.664. The van der Waals surface area contributed by atoms with Crippen LogP contribution in [0.5, 0.6) is 5.75 Å². The summed E-state index contributed by atoms with van der Waals surface area (Å²) in [5.74, 6) is -0.398. The van der Waals surface area contributed by atoms with Crippen molar-refractivity contribution in [2.75, 3.05) is 0 Å². The van der Waals surface area contributed by atoms with Crippen molar-refractivity contribution in [3.63, 3.8) is 0 Å². The molecule has 1 rings (SSSR count). The van der Waals surface area contributed by atoms with E-state index in [0.29, 0.717) is 0 Å². The Morgan fingerprint density at radius 1 is 1.58 bits per heavy atom. The van der Waals surface area contributed by atoms with Crippen LogP contribution in [0, 0.1) is 16.7 Å². The third-order valence-corrected chi connectivity index (χ3v) is 1.42. The van der Waals surface area contributed by atoms with E-state index in [2.05, 4.69) is 0 Å². The van der Waals surface area contributed by atoms with Crippen LogP contribution in [0.1, 0.15) is 5.56 Å². The zero-order valence-corrected chi connectivity index (χ0v) is 6.10. The number of nitro groups is 1. The number of benzene rings is 1. The molecule has 0 amide bonds. The number of phenolic OH excluding ortho intramolecular Hbond substituents is 1. The van der Waals surface area contributed by atoms with E-state index < -0.39 is 10.7 Å². The molecule has 0 saturated carbocycles. The van der Waals surface area contributed by atoms with E-state index in [0.717, 1.165) is 6.08 Å². The first-order valence-electron chi connectivity index (χ1n) is 3.18. The molecule has 0 saturated heterocycles. The molecule has 0 fully saturated rings. The molecule has 0 spiro atoms. The number of phenols is 1. The van der Waals surface area contributed by atoms with Crippen LogP contribution in [0.15, 0.2) is 18.2 Å². The largest absolute Gasteiger partial charge is 0.502 e. The van der Waals surface area contributed by atoms with E-state index in [1.807, 2.05) is 0 Å². The maximum atomic E-state index is 10.3. The van der Waals surface area contributed by atoms with Gasteiger partial charge in [0.05, 0.1) is 4.92 Å². The van der Waals surface area contributed by atoms with Crippen molar-refractivity contribution >= 4 is 11.8 Å². The van der Waals surface area contributed by atoms with Crippen molar-refractivity contribution < 1.29 is 10.0 Å². The molecule has 1 radical (unpaired) electrons. The van der Waals surface area contributed by atoms with Gasteiger partial charge in [0.15, 0.2) is 0 Å². The predicted octanol–water partition coefficient (Wildman–Crippen LogP) is 1.75. The molecule has 0 aromatic heterocycles. The van der Waals surface area contributed by atoms with Crippen molar-refractivity contribution in [3.8, 4) is 5.75 Å². The number of rotatable bonds is 2. The quantitative estimate of drug-likeness (QED) is 0.535. The highest BCUT2D eigenvalue weighted by Gasteiger charge is 2.13. The second kappa shape index (κ2) is 3.04. The second-order valence-electron chi connectivity index (χ2n) is 2.14. The van der Waals surface area contributed by atoms with Gasteiger partial charge in [-0.15, -0.1) is 0 Å². The lowest BCUT2D eigenvalue weighted by atomic mass is 10.2. The average Bonchev–Trinajstić information content (AvgIpc) is 2.04. The zero-order chi connectivity index (χ0) is 9.14. The Kier molecular flexibility index (Phi) is 2.09. The number of nitrogens with zero attached hydrogens (tertiary/aromatic N) is 1. The lowest BCUT2D eigenvalue weighted by molar-refractivity contribution is -0.385. The number of para-hydroxylation sites is 1. The van der Waals surface area contributed by atoms with Crippen LogP contribution in [0.3, 0.4) is 0 Å². The molecule has 1 N–H and O–H groups in total. The highest BCUT2D eigenvalue weighted by Crippen LogP contribution is 2.29. The maximum Gasteiger partial charge on any atom is 0.311 e. The summed E-state index contributed by atoms with van der Waals surface area (Å²) in [5, 5.41) is 19.5. The topological polar surface area (TPSA) is 63.4 Å². The van der Waals surface area contributed by atoms with E-state index in [-0.39, 0.29) is 11.3 Å². The van der Waals surface area contributed by atoms with Gasteiger partial charge >= 0.3 is 5.69 Å². The van der Waals surface area contributed by atoms with Crippen molar-refractivity contribution in [3.05, 3.63) is 40.5 Å². The summed E-state index contributed by atoms with van der Waals surface area (Å²) < 4.78 is 0. The Morgan fingerprint density at radius 2 is 2.25 bits per heavy atom. The van der Waals surface area contributed by atoms with Gasteiger partial charge in [-0.2, -0.15) is 0 Å². The normalized spacial score (nSPS) is 9.33. The zero-order valence-electron chi connectivity index (χ0n) is 6.10. The molecule has 0 atom stereocenters. The van der Waals surface area contributed by atoms with E-state index in [4.69, 9.17) is 6.58 Å². The summed E-state index contributed by atoms with van der Waals surface area (Å²) in [6.07, 6.45) is 1.11. The van der Waals surface area contributed by atoms with Gasteiger partial charge in [0.25, 0.3) is 0 Å². The fourth-order valence-corrected chi connectivity index (χ4v) is 0.830. The molecular weight excluding hydrogens is 158 g/mol. The van der Waals surface area contributed by atoms with Crippen molar-refractivity contribution in [1.29, 1.82) is 0 Å². The molecule has 61 valence electrons. The Hall–Kier alpha value is -1.84. The lowest BCUT2D eigenvalue weighted by Gasteiger charge is -1.98.